The number of nitriles is 1. The molecular formula is C14H16N4O4. The molecule has 1 atom stereocenters. The number of rotatable bonds is 5. The predicted octanol–water partition coefficient (Wildman–Crippen LogP) is 1.15. The molecule has 0 aliphatic heterocycles. The Hall–Kier alpha value is -2.82. The molecule has 0 saturated heterocycles. The SMILES string of the molecule is CC(C)C(C)(C#N)NC(=O)Cn1nc(-c2ccco2)oc1=O. The van der Waals surface area contributed by atoms with Gasteiger partial charge < -0.3 is 14.2 Å². The first-order chi connectivity index (χ1) is 10.4. The van der Waals surface area contributed by atoms with Gasteiger partial charge in [0.2, 0.25) is 5.91 Å². The Kier molecular flexibility index (Phi) is 4.17. The smallest absolute Gasteiger partial charge is 0.437 e. The van der Waals surface area contributed by atoms with E-state index in [-0.39, 0.29) is 18.4 Å². The third kappa shape index (κ3) is 3.09. The van der Waals surface area contributed by atoms with E-state index in [4.69, 9.17) is 8.83 Å². The molecule has 2 aromatic heterocycles. The highest BCUT2D eigenvalue weighted by atomic mass is 16.4. The maximum absolute atomic E-state index is 12.0. The van der Waals surface area contributed by atoms with E-state index in [1.165, 1.54) is 6.26 Å². The van der Waals surface area contributed by atoms with E-state index >= 15 is 0 Å². The molecule has 1 amide bonds. The van der Waals surface area contributed by atoms with Crippen LogP contribution in [0.3, 0.4) is 0 Å². The van der Waals surface area contributed by atoms with Crippen LogP contribution in [0.2, 0.25) is 0 Å². The third-order valence-electron chi connectivity index (χ3n) is 3.42. The number of aromatic nitrogens is 2. The van der Waals surface area contributed by atoms with Gasteiger partial charge >= 0.3 is 5.76 Å². The van der Waals surface area contributed by atoms with Gasteiger partial charge in [-0.05, 0) is 25.0 Å². The molecule has 2 rings (SSSR count). The lowest BCUT2D eigenvalue weighted by molar-refractivity contribution is -0.123. The van der Waals surface area contributed by atoms with Crippen molar-refractivity contribution in [1.82, 2.24) is 15.1 Å². The van der Waals surface area contributed by atoms with Crippen LogP contribution in [0.25, 0.3) is 11.7 Å². The Morgan fingerprint density at radius 1 is 1.59 bits per heavy atom. The summed E-state index contributed by atoms with van der Waals surface area (Å²) < 4.78 is 10.9. The highest BCUT2D eigenvalue weighted by Crippen LogP contribution is 2.16. The van der Waals surface area contributed by atoms with Crippen molar-refractivity contribution in [2.45, 2.75) is 32.9 Å². The van der Waals surface area contributed by atoms with Crippen molar-refractivity contribution >= 4 is 5.91 Å². The molecule has 0 aromatic carbocycles. The normalized spacial score (nSPS) is 13.6. The highest BCUT2D eigenvalue weighted by Gasteiger charge is 2.30. The molecule has 116 valence electrons. The summed E-state index contributed by atoms with van der Waals surface area (Å²) in [5.41, 5.74) is -1.02. The van der Waals surface area contributed by atoms with Crippen LogP contribution in [0.1, 0.15) is 20.8 Å². The number of hydrogen-bond acceptors (Lipinski definition) is 6. The Morgan fingerprint density at radius 2 is 2.32 bits per heavy atom. The number of nitrogens with one attached hydrogen (secondary N) is 1. The molecule has 1 N–H and O–H groups in total. The maximum Gasteiger partial charge on any atom is 0.437 e. The quantitative estimate of drug-likeness (QED) is 0.886. The van der Waals surface area contributed by atoms with Gasteiger partial charge in [0, 0.05) is 0 Å². The van der Waals surface area contributed by atoms with Crippen molar-refractivity contribution < 1.29 is 13.6 Å². The van der Waals surface area contributed by atoms with Crippen LogP contribution in [-0.2, 0) is 11.3 Å². The average molecular weight is 304 g/mol. The molecule has 1 unspecified atom stereocenters. The van der Waals surface area contributed by atoms with Crippen LogP contribution in [0, 0.1) is 17.2 Å². The Bertz CT molecular complexity index is 751. The van der Waals surface area contributed by atoms with E-state index in [1.807, 2.05) is 13.8 Å². The van der Waals surface area contributed by atoms with Gasteiger partial charge in [-0.3, -0.25) is 4.79 Å². The lowest BCUT2D eigenvalue weighted by atomic mass is 9.90. The van der Waals surface area contributed by atoms with Crippen molar-refractivity contribution in [1.29, 1.82) is 5.26 Å². The second-order valence-electron chi connectivity index (χ2n) is 5.33. The molecule has 0 aliphatic rings. The fourth-order valence-corrected chi connectivity index (χ4v) is 1.67. The number of carbonyl (C=O) groups excluding carboxylic acids is 1. The van der Waals surface area contributed by atoms with Crippen molar-refractivity contribution in [2.75, 3.05) is 0 Å². The molecule has 0 radical (unpaired) electrons. The van der Waals surface area contributed by atoms with Crippen LogP contribution in [0.4, 0.5) is 0 Å². The fraction of sp³-hybridized carbons (Fsp3) is 0.429. The summed E-state index contributed by atoms with van der Waals surface area (Å²) >= 11 is 0. The molecule has 22 heavy (non-hydrogen) atoms. The first kappa shape index (κ1) is 15.6. The molecule has 2 aromatic rings. The summed E-state index contributed by atoms with van der Waals surface area (Å²) in [6.07, 6.45) is 1.42. The van der Waals surface area contributed by atoms with Crippen LogP contribution < -0.4 is 11.1 Å². The molecule has 0 fully saturated rings. The van der Waals surface area contributed by atoms with Gasteiger partial charge in [0.25, 0.3) is 5.89 Å². The van der Waals surface area contributed by atoms with Gasteiger partial charge in [-0.15, -0.1) is 5.10 Å². The zero-order valence-electron chi connectivity index (χ0n) is 12.5. The largest absolute Gasteiger partial charge is 0.459 e. The van der Waals surface area contributed by atoms with Gasteiger partial charge in [0.1, 0.15) is 12.1 Å². The standard InChI is InChI=1S/C14H16N4O4/c1-9(2)14(3,8-15)16-11(19)7-18-13(20)22-12(17-18)10-5-4-6-21-10/h4-6,9H,7H2,1-3H3,(H,16,19). The van der Waals surface area contributed by atoms with E-state index in [2.05, 4.69) is 16.5 Å². The molecule has 8 heteroatoms. The van der Waals surface area contributed by atoms with Gasteiger partial charge in [-0.25, -0.2) is 4.79 Å². The van der Waals surface area contributed by atoms with Crippen molar-refractivity contribution in [3.8, 4) is 17.7 Å². The summed E-state index contributed by atoms with van der Waals surface area (Å²) in [5.74, 6) is -1.08. The van der Waals surface area contributed by atoms with Crippen molar-refractivity contribution in [3.05, 3.63) is 28.9 Å². The molecule has 0 spiro atoms. The molecule has 0 saturated carbocycles. The topological polar surface area (TPSA) is 114 Å². The lowest BCUT2D eigenvalue weighted by Crippen LogP contribution is -2.50. The highest BCUT2D eigenvalue weighted by molar-refractivity contribution is 5.77. The molecular weight excluding hydrogens is 288 g/mol. The fourth-order valence-electron chi connectivity index (χ4n) is 1.67. The minimum Gasteiger partial charge on any atom is -0.459 e. The minimum atomic E-state index is -1.02. The molecule has 8 nitrogen and oxygen atoms in total. The zero-order valence-corrected chi connectivity index (χ0v) is 12.5. The molecule has 0 bridgehead atoms. The Labute approximate surface area is 126 Å². The summed E-state index contributed by atoms with van der Waals surface area (Å²) in [5, 5.41) is 15.7. The van der Waals surface area contributed by atoms with Crippen LogP contribution in [0.15, 0.2) is 32.0 Å². The number of carbonyl (C=O) groups is 1. The monoisotopic (exact) mass is 304 g/mol. The third-order valence-corrected chi connectivity index (χ3v) is 3.42. The van der Waals surface area contributed by atoms with Gasteiger partial charge in [0.15, 0.2) is 5.76 Å². The summed E-state index contributed by atoms with van der Waals surface area (Å²) in [6, 6.07) is 5.27. The zero-order chi connectivity index (χ0) is 16.3. The Balaban J connectivity index is 2.13. The van der Waals surface area contributed by atoms with E-state index in [1.54, 1.807) is 19.1 Å². The van der Waals surface area contributed by atoms with Crippen LogP contribution in [0.5, 0.6) is 0 Å². The van der Waals surface area contributed by atoms with E-state index in [9.17, 15) is 14.9 Å². The summed E-state index contributed by atoms with van der Waals surface area (Å²) in [6.45, 7) is 4.92. The van der Waals surface area contributed by atoms with Crippen molar-refractivity contribution in [3.63, 3.8) is 0 Å². The minimum absolute atomic E-state index is 0.00490. The second kappa shape index (κ2) is 5.89. The predicted molar refractivity (Wildman–Crippen MR) is 75.5 cm³/mol. The van der Waals surface area contributed by atoms with E-state index < -0.39 is 17.2 Å². The molecule has 2 heterocycles. The van der Waals surface area contributed by atoms with Crippen LogP contribution in [-0.4, -0.2) is 21.2 Å². The van der Waals surface area contributed by atoms with Gasteiger partial charge in [-0.2, -0.15) is 9.94 Å². The first-order valence-corrected chi connectivity index (χ1v) is 6.70. The lowest BCUT2D eigenvalue weighted by Gasteiger charge is -2.27. The average Bonchev–Trinajstić information content (AvgIpc) is 3.09. The van der Waals surface area contributed by atoms with Gasteiger partial charge in [0.05, 0.1) is 12.3 Å². The van der Waals surface area contributed by atoms with Gasteiger partial charge in [-0.1, -0.05) is 13.8 Å². The Morgan fingerprint density at radius 3 is 2.86 bits per heavy atom. The van der Waals surface area contributed by atoms with E-state index in [0.717, 1.165) is 4.68 Å². The number of furan rings is 1. The summed E-state index contributed by atoms with van der Waals surface area (Å²) in [7, 11) is 0. The first-order valence-electron chi connectivity index (χ1n) is 6.70. The molecule has 0 aliphatic carbocycles. The number of hydrogen-bond donors (Lipinski definition) is 1. The second-order valence-corrected chi connectivity index (χ2v) is 5.33. The number of nitrogens with zero attached hydrogens (tertiary/aromatic N) is 3. The summed E-state index contributed by atoms with van der Waals surface area (Å²) in [4.78, 5) is 23.7. The maximum atomic E-state index is 12.0. The van der Waals surface area contributed by atoms with E-state index in [0.29, 0.717) is 5.76 Å². The van der Waals surface area contributed by atoms with Crippen molar-refractivity contribution in [2.24, 2.45) is 5.92 Å². The van der Waals surface area contributed by atoms with Crippen LogP contribution >= 0.6 is 0 Å². The number of amides is 1.